The van der Waals surface area contributed by atoms with E-state index in [9.17, 15) is 14.7 Å². The number of hydrogen-bond donors (Lipinski definition) is 1. The van der Waals surface area contributed by atoms with E-state index in [1.54, 1.807) is 27.8 Å². The van der Waals surface area contributed by atoms with Gasteiger partial charge in [0.05, 0.1) is 17.9 Å². The van der Waals surface area contributed by atoms with Crippen LogP contribution >= 0.6 is 11.6 Å². The first-order valence-electron chi connectivity index (χ1n) is 9.77. The van der Waals surface area contributed by atoms with Gasteiger partial charge in [-0.15, -0.1) is 0 Å². The molecule has 2 atom stereocenters. The maximum Gasteiger partial charge on any atom is 0.415 e. The van der Waals surface area contributed by atoms with Crippen molar-refractivity contribution in [2.45, 2.75) is 64.6 Å². The molecule has 29 heavy (non-hydrogen) atoms. The molecule has 9 heteroatoms. The molecule has 0 aromatic carbocycles. The Morgan fingerprint density at radius 1 is 1.38 bits per heavy atom. The van der Waals surface area contributed by atoms with Crippen LogP contribution in [0, 0.1) is 5.92 Å². The summed E-state index contributed by atoms with van der Waals surface area (Å²) >= 11 is 6.17. The Labute approximate surface area is 174 Å². The number of carbonyl (C=O) groups is 2. The van der Waals surface area contributed by atoms with E-state index in [1.165, 1.54) is 21.7 Å². The fourth-order valence-electron chi connectivity index (χ4n) is 3.60. The second-order valence-electron chi connectivity index (χ2n) is 8.58. The van der Waals surface area contributed by atoms with Crippen LogP contribution in [0.2, 0.25) is 5.15 Å². The highest BCUT2D eigenvalue weighted by Gasteiger charge is 2.27. The molecular formula is C20H27ClN4O4. The zero-order valence-electron chi connectivity index (χ0n) is 17.2. The number of amides is 1. The molecule has 8 nitrogen and oxygen atoms in total. The molecule has 2 aromatic heterocycles. The lowest BCUT2D eigenvalue weighted by molar-refractivity contribution is 0.0587. The molecular weight excluding hydrogens is 396 g/mol. The first kappa shape index (κ1) is 21.5. The van der Waals surface area contributed by atoms with Gasteiger partial charge in [-0.05, 0) is 46.0 Å². The van der Waals surface area contributed by atoms with Gasteiger partial charge in [0.25, 0.3) is 0 Å². The number of ketones is 1. The van der Waals surface area contributed by atoms with Crippen molar-refractivity contribution < 1.29 is 19.4 Å². The van der Waals surface area contributed by atoms with Crippen molar-refractivity contribution in [3.8, 4) is 0 Å². The summed E-state index contributed by atoms with van der Waals surface area (Å²) in [5.41, 5.74) is -0.00690. The molecule has 158 valence electrons. The average molecular weight is 423 g/mol. The summed E-state index contributed by atoms with van der Waals surface area (Å²) in [5.74, 6) is 0.394. The van der Waals surface area contributed by atoms with Crippen molar-refractivity contribution >= 4 is 34.9 Å². The van der Waals surface area contributed by atoms with Crippen LogP contribution in [-0.4, -0.2) is 50.3 Å². The lowest BCUT2D eigenvalue weighted by Crippen LogP contribution is -2.35. The standard InChI is InChI=1S/C20H27ClN4O4/c1-20(2,3)29-19(28)24(4)17-10-16(21)23-18-14(11-22-25(17)18)15(27)9-12-6-5-7-13(26)8-12/h10-13,26H,5-9H2,1-4H3/t12-,13-/m1/s1. The molecule has 1 aliphatic carbocycles. The molecule has 0 spiro atoms. The minimum absolute atomic E-state index is 0.0975. The van der Waals surface area contributed by atoms with Gasteiger partial charge in [-0.2, -0.15) is 9.61 Å². The first-order valence-corrected chi connectivity index (χ1v) is 10.1. The topological polar surface area (TPSA) is 97.0 Å². The number of halogens is 1. The van der Waals surface area contributed by atoms with Crippen LogP contribution in [0.5, 0.6) is 0 Å². The number of nitrogens with zero attached hydrogens (tertiary/aromatic N) is 4. The second-order valence-corrected chi connectivity index (χ2v) is 8.97. The monoisotopic (exact) mass is 422 g/mol. The number of fused-ring (bicyclic) bond motifs is 1. The highest BCUT2D eigenvalue weighted by molar-refractivity contribution is 6.30. The summed E-state index contributed by atoms with van der Waals surface area (Å²) < 4.78 is 6.81. The Morgan fingerprint density at radius 3 is 2.76 bits per heavy atom. The maximum atomic E-state index is 12.9. The van der Waals surface area contributed by atoms with Gasteiger partial charge in [0.2, 0.25) is 0 Å². The number of rotatable bonds is 4. The van der Waals surface area contributed by atoms with Crippen molar-refractivity contribution in [2.75, 3.05) is 11.9 Å². The molecule has 1 saturated carbocycles. The van der Waals surface area contributed by atoms with E-state index in [0.29, 0.717) is 29.9 Å². The van der Waals surface area contributed by atoms with Crippen molar-refractivity contribution in [1.29, 1.82) is 0 Å². The molecule has 3 rings (SSSR count). The van der Waals surface area contributed by atoms with Gasteiger partial charge in [0.1, 0.15) is 16.6 Å². The largest absolute Gasteiger partial charge is 0.443 e. The molecule has 1 fully saturated rings. The van der Waals surface area contributed by atoms with Crippen molar-refractivity contribution in [1.82, 2.24) is 14.6 Å². The Morgan fingerprint density at radius 2 is 2.10 bits per heavy atom. The summed E-state index contributed by atoms with van der Waals surface area (Å²) in [6.07, 6.45) is 4.13. The molecule has 0 saturated heterocycles. The lowest BCUT2D eigenvalue weighted by atomic mass is 9.83. The predicted molar refractivity (Wildman–Crippen MR) is 110 cm³/mol. The van der Waals surface area contributed by atoms with Gasteiger partial charge >= 0.3 is 6.09 Å². The van der Waals surface area contributed by atoms with Crippen molar-refractivity contribution in [3.63, 3.8) is 0 Å². The minimum atomic E-state index is -0.656. The summed E-state index contributed by atoms with van der Waals surface area (Å²) in [4.78, 5) is 30.9. The minimum Gasteiger partial charge on any atom is -0.443 e. The highest BCUT2D eigenvalue weighted by atomic mass is 35.5. The first-order chi connectivity index (χ1) is 13.5. The summed E-state index contributed by atoms with van der Waals surface area (Å²) in [6.45, 7) is 5.34. The molecule has 2 heterocycles. The number of carbonyl (C=O) groups excluding carboxylic acids is 2. The van der Waals surface area contributed by atoms with Crippen LogP contribution in [0.1, 0.15) is 63.2 Å². The van der Waals surface area contributed by atoms with E-state index >= 15 is 0 Å². The van der Waals surface area contributed by atoms with Crippen LogP contribution in [-0.2, 0) is 4.74 Å². The van der Waals surface area contributed by atoms with Gasteiger partial charge < -0.3 is 9.84 Å². The number of aromatic nitrogens is 3. The van der Waals surface area contributed by atoms with Crippen LogP contribution in [0.25, 0.3) is 5.65 Å². The Bertz CT molecular complexity index is 921. The quantitative estimate of drug-likeness (QED) is 0.593. The fraction of sp³-hybridized carbons (Fsp3) is 0.600. The van der Waals surface area contributed by atoms with Gasteiger partial charge in [-0.1, -0.05) is 18.0 Å². The molecule has 0 aliphatic heterocycles. The summed E-state index contributed by atoms with van der Waals surface area (Å²) in [5, 5.41) is 14.3. The molecule has 2 aromatic rings. The molecule has 0 radical (unpaired) electrons. The Hall–Kier alpha value is -2.19. The third-order valence-corrected chi connectivity index (χ3v) is 5.16. The van der Waals surface area contributed by atoms with Crippen LogP contribution < -0.4 is 4.90 Å². The number of anilines is 1. The molecule has 1 amide bonds. The number of aliphatic hydroxyl groups excluding tert-OH is 1. The van der Waals surface area contributed by atoms with Gasteiger partial charge in [-0.3, -0.25) is 9.69 Å². The van der Waals surface area contributed by atoms with E-state index in [0.717, 1.165) is 19.3 Å². The van der Waals surface area contributed by atoms with E-state index < -0.39 is 11.7 Å². The van der Waals surface area contributed by atoms with Crippen LogP contribution in [0.15, 0.2) is 12.3 Å². The van der Waals surface area contributed by atoms with Crippen LogP contribution in [0.4, 0.5) is 10.6 Å². The Kier molecular flexibility index (Phi) is 6.14. The molecule has 1 aliphatic rings. The summed E-state index contributed by atoms with van der Waals surface area (Å²) in [7, 11) is 1.55. The van der Waals surface area contributed by atoms with Gasteiger partial charge in [0, 0.05) is 19.5 Å². The fourth-order valence-corrected chi connectivity index (χ4v) is 3.78. The average Bonchev–Trinajstić information content (AvgIpc) is 3.02. The Balaban J connectivity index is 1.88. The van der Waals surface area contributed by atoms with E-state index in [2.05, 4.69) is 10.1 Å². The summed E-state index contributed by atoms with van der Waals surface area (Å²) in [6, 6.07) is 1.50. The number of aliphatic hydroxyl groups is 1. The van der Waals surface area contributed by atoms with E-state index in [1.807, 2.05) is 0 Å². The zero-order chi connectivity index (χ0) is 21.3. The normalized spacial score (nSPS) is 19.9. The number of hydrogen-bond acceptors (Lipinski definition) is 6. The number of ether oxygens (including phenoxy) is 1. The smallest absolute Gasteiger partial charge is 0.415 e. The van der Waals surface area contributed by atoms with E-state index in [-0.39, 0.29) is 23.0 Å². The number of Topliss-reactive ketones (excluding diaryl/α,β-unsaturated/α-hetero) is 1. The maximum absolute atomic E-state index is 12.9. The predicted octanol–water partition coefficient (Wildman–Crippen LogP) is 3.88. The molecule has 0 bridgehead atoms. The van der Waals surface area contributed by atoms with E-state index in [4.69, 9.17) is 16.3 Å². The van der Waals surface area contributed by atoms with Crippen molar-refractivity contribution in [2.24, 2.45) is 5.92 Å². The van der Waals surface area contributed by atoms with Crippen molar-refractivity contribution in [3.05, 3.63) is 23.0 Å². The van der Waals surface area contributed by atoms with Crippen LogP contribution in [0.3, 0.4) is 0 Å². The third-order valence-electron chi connectivity index (χ3n) is 4.96. The SMILES string of the molecule is CN(C(=O)OC(C)(C)C)c1cc(Cl)nc2c(C(=O)C[C@@H]3CCC[C@@H](O)C3)cnn12. The molecule has 0 unspecified atom stereocenters. The highest BCUT2D eigenvalue weighted by Crippen LogP contribution is 2.29. The zero-order valence-corrected chi connectivity index (χ0v) is 17.9. The lowest BCUT2D eigenvalue weighted by Gasteiger charge is -2.25. The molecule has 1 N–H and O–H groups in total. The van der Waals surface area contributed by atoms with Gasteiger partial charge in [-0.25, -0.2) is 9.78 Å². The second kappa shape index (κ2) is 8.28. The van der Waals surface area contributed by atoms with Gasteiger partial charge in [0.15, 0.2) is 11.4 Å². The third kappa shape index (κ3) is 5.05.